The molecule has 0 aliphatic carbocycles. The Morgan fingerprint density at radius 3 is 2.60 bits per heavy atom. The van der Waals surface area contributed by atoms with Crippen LogP contribution in [0.25, 0.3) is 11.2 Å². The van der Waals surface area contributed by atoms with E-state index in [0.29, 0.717) is 11.2 Å². The molecule has 0 amide bonds. The number of nitrogen functional groups attached to an aromatic ring is 1. The second-order valence-electron chi connectivity index (χ2n) is 6.82. The molecular weight excluding hydrogens is 539 g/mol. The molecule has 3 unspecified atom stereocenters. The molecule has 2 aromatic heterocycles. The number of imidazole rings is 1. The van der Waals surface area contributed by atoms with Crippen molar-refractivity contribution in [2.24, 2.45) is 0 Å². The van der Waals surface area contributed by atoms with Crippen molar-refractivity contribution in [2.75, 3.05) is 25.7 Å². The normalized spacial score (nSPS) is 24.3. The average molecular weight is 561 g/mol. The minimum Gasteiger partial charge on any atom is -0.382 e. The summed E-state index contributed by atoms with van der Waals surface area (Å²) in [6, 6.07) is 0. The van der Waals surface area contributed by atoms with Gasteiger partial charge in [-0.2, -0.15) is 8.62 Å². The number of nitrogens with zero attached hydrogens (tertiary/aromatic N) is 4. The number of phosphoric ester groups is 1. The van der Waals surface area contributed by atoms with Gasteiger partial charge in [0.1, 0.15) is 31.0 Å². The maximum absolute atomic E-state index is 12.1. The second kappa shape index (κ2) is 11.2. The van der Waals surface area contributed by atoms with Gasteiger partial charge in [0, 0.05) is 6.42 Å². The highest BCUT2D eigenvalue weighted by Gasteiger charge is 2.43. The Bertz CT molecular complexity index is 1190. The minimum atomic E-state index is -5.66. The van der Waals surface area contributed by atoms with Crippen LogP contribution < -0.4 is 5.73 Å². The largest absolute Gasteiger partial charge is 0.490 e. The van der Waals surface area contributed by atoms with E-state index < -0.39 is 48.5 Å². The molecule has 21 heteroatoms. The van der Waals surface area contributed by atoms with Gasteiger partial charge in [-0.05, 0) is 0 Å². The lowest BCUT2D eigenvalue weighted by Gasteiger charge is -2.21. The first kappa shape index (κ1) is 28.0. The average Bonchev–Trinajstić information content (AvgIpc) is 3.32. The topological polar surface area (TPSA) is 257 Å². The van der Waals surface area contributed by atoms with Gasteiger partial charge in [-0.15, -0.1) is 6.58 Å². The summed E-state index contributed by atoms with van der Waals surface area (Å²) in [5.74, 6) is 0.140. The standard InChI is InChI=1S/C14H22N5O13P3/c1-2-3-27-8-28-9-4-11(19-7-18-12-13(15)16-6-17-14(12)19)30-10(9)5-29-34(23,24)32-35(25,26)31-33(20,21)22/h2,6-7,9-11H,1,3-5,8H2,(H,23,24)(H,25,26)(H2,15,16,17)(H2,20,21,22)/t9?,10-,11-/m1/s1. The molecular formula is C14H22N5O13P3. The number of aromatic nitrogens is 4. The molecule has 6 N–H and O–H groups in total. The summed E-state index contributed by atoms with van der Waals surface area (Å²) in [4.78, 5) is 48.3. The number of hydrogen-bond donors (Lipinski definition) is 5. The molecule has 0 bridgehead atoms. The fourth-order valence-electron chi connectivity index (χ4n) is 3.02. The van der Waals surface area contributed by atoms with E-state index in [4.69, 9.17) is 29.7 Å². The molecule has 3 rings (SSSR count). The van der Waals surface area contributed by atoms with E-state index in [0.717, 1.165) is 0 Å². The number of hydrogen-bond acceptors (Lipinski definition) is 13. The molecule has 5 atom stereocenters. The Morgan fingerprint density at radius 1 is 1.17 bits per heavy atom. The molecule has 0 radical (unpaired) electrons. The van der Waals surface area contributed by atoms with Crippen LogP contribution in [0, 0.1) is 0 Å². The fourth-order valence-corrected chi connectivity index (χ4v) is 6.05. The number of rotatable bonds is 13. The number of nitrogens with two attached hydrogens (primary N) is 1. The fraction of sp³-hybridized carbons (Fsp3) is 0.500. The molecule has 1 fully saturated rings. The first-order valence-electron chi connectivity index (χ1n) is 9.47. The second-order valence-corrected chi connectivity index (χ2v) is 11.2. The van der Waals surface area contributed by atoms with Gasteiger partial charge in [-0.3, -0.25) is 9.09 Å². The van der Waals surface area contributed by atoms with Crippen LogP contribution in [0.4, 0.5) is 5.82 Å². The van der Waals surface area contributed by atoms with Crippen LogP contribution in [-0.2, 0) is 41.1 Å². The van der Waals surface area contributed by atoms with Crippen molar-refractivity contribution in [1.29, 1.82) is 0 Å². The third-order valence-corrected chi connectivity index (χ3v) is 8.10. The number of ether oxygens (including phenoxy) is 3. The lowest BCUT2D eigenvalue weighted by atomic mass is 10.2. The van der Waals surface area contributed by atoms with Crippen molar-refractivity contribution < 1.29 is 60.6 Å². The van der Waals surface area contributed by atoms with E-state index in [2.05, 4.69) is 34.7 Å². The van der Waals surface area contributed by atoms with Gasteiger partial charge in [-0.25, -0.2) is 28.6 Å². The van der Waals surface area contributed by atoms with E-state index in [1.165, 1.54) is 23.3 Å². The third-order valence-electron chi connectivity index (χ3n) is 4.30. The molecule has 18 nitrogen and oxygen atoms in total. The zero-order chi connectivity index (χ0) is 25.9. The molecule has 3 heterocycles. The van der Waals surface area contributed by atoms with Gasteiger partial charge < -0.3 is 39.5 Å². The third kappa shape index (κ3) is 7.93. The molecule has 196 valence electrons. The Labute approximate surface area is 197 Å². The van der Waals surface area contributed by atoms with Crippen molar-refractivity contribution in [2.45, 2.75) is 24.9 Å². The molecule has 0 saturated carbocycles. The maximum atomic E-state index is 12.1. The molecule has 1 saturated heterocycles. The number of fused-ring (bicyclic) bond motifs is 1. The number of anilines is 1. The predicted octanol–water partition coefficient (Wildman–Crippen LogP) is 0.585. The quantitative estimate of drug-likeness (QED) is 0.0969. The van der Waals surface area contributed by atoms with Crippen molar-refractivity contribution in [3.05, 3.63) is 25.3 Å². The SMILES string of the molecule is C=CCOCOC1C[C@H](n2cnc3c(N)ncnc32)O[C@@H]1COP(=O)(O)OP(=O)(O)OP(=O)(O)O. The highest BCUT2D eigenvalue weighted by molar-refractivity contribution is 7.66. The first-order valence-corrected chi connectivity index (χ1v) is 14.0. The molecule has 0 spiro atoms. The lowest BCUT2D eigenvalue weighted by Crippen LogP contribution is -2.29. The zero-order valence-corrected chi connectivity index (χ0v) is 20.4. The Balaban J connectivity index is 1.71. The van der Waals surface area contributed by atoms with Crippen LogP contribution in [-0.4, -0.2) is 71.3 Å². The van der Waals surface area contributed by atoms with Crippen molar-refractivity contribution >= 4 is 40.4 Å². The van der Waals surface area contributed by atoms with E-state index in [1.54, 1.807) is 0 Å². The summed E-state index contributed by atoms with van der Waals surface area (Å²) in [5, 5.41) is 0. The van der Waals surface area contributed by atoms with Crippen molar-refractivity contribution in [3.63, 3.8) is 0 Å². The van der Waals surface area contributed by atoms with Crippen LogP contribution >= 0.6 is 23.5 Å². The Morgan fingerprint density at radius 2 is 1.91 bits per heavy atom. The van der Waals surface area contributed by atoms with Crippen LogP contribution in [0.5, 0.6) is 0 Å². The van der Waals surface area contributed by atoms with E-state index >= 15 is 0 Å². The summed E-state index contributed by atoms with van der Waals surface area (Å²) in [6.45, 7) is 2.78. The zero-order valence-electron chi connectivity index (χ0n) is 17.7. The lowest BCUT2D eigenvalue weighted by molar-refractivity contribution is -0.112. The molecule has 35 heavy (non-hydrogen) atoms. The van der Waals surface area contributed by atoms with Gasteiger partial charge >= 0.3 is 23.5 Å². The van der Waals surface area contributed by atoms with Crippen LogP contribution in [0.2, 0.25) is 0 Å². The summed E-state index contributed by atoms with van der Waals surface area (Å²) < 4.78 is 64.6. The molecule has 1 aliphatic rings. The highest BCUT2D eigenvalue weighted by Crippen LogP contribution is 2.66. The molecule has 0 aromatic carbocycles. The molecule has 2 aromatic rings. The summed E-state index contributed by atoms with van der Waals surface area (Å²) in [6.07, 6.45) is 1.70. The highest BCUT2D eigenvalue weighted by atomic mass is 31.3. The summed E-state index contributed by atoms with van der Waals surface area (Å²) in [5.41, 5.74) is 6.45. The van der Waals surface area contributed by atoms with Crippen molar-refractivity contribution in [1.82, 2.24) is 19.5 Å². The van der Waals surface area contributed by atoms with Gasteiger partial charge in [0.15, 0.2) is 11.5 Å². The summed E-state index contributed by atoms with van der Waals surface area (Å²) >= 11 is 0. The Kier molecular flexibility index (Phi) is 8.94. The maximum Gasteiger partial charge on any atom is 0.490 e. The minimum absolute atomic E-state index is 0.140. The van der Waals surface area contributed by atoms with Crippen LogP contribution in [0.3, 0.4) is 0 Å². The smallest absolute Gasteiger partial charge is 0.382 e. The van der Waals surface area contributed by atoms with E-state index in [1.807, 2.05) is 0 Å². The Hall–Kier alpha value is -1.62. The van der Waals surface area contributed by atoms with Gasteiger partial charge in [0.05, 0.1) is 25.6 Å². The van der Waals surface area contributed by atoms with Crippen LogP contribution in [0.1, 0.15) is 12.6 Å². The van der Waals surface area contributed by atoms with Gasteiger partial charge in [0.2, 0.25) is 0 Å². The molecule has 1 aliphatic heterocycles. The van der Waals surface area contributed by atoms with Gasteiger partial charge in [0.25, 0.3) is 0 Å². The van der Waals surface area contributed by atoms with E-state index in [-0.39, 0.29) is 25.6 Å². The first-order chi connectivity index (χ1) is 16.3. The predicted molar refractivity (Wildman–Crippen MR) is 114 cm³/mol. The number of phosphoric acid groups is 3. The van der Waals surface area contributed by atoms with Crippen LogP contribution in [0.15, 0.2) is 25.3 Å². The van der Waals surface area contributed by atoms with E-state index in [9.17, 15) is 23.5 Å². The summed E-state index contributed by atoms with van der Waals surface area (Å²) in [7, 11) is -16.5. The monoisotopic (exact) mass is 561 g/mol. The van der Waals surface area contributed by atoms with Crippen molar-refractivity contribution in [3.8, 4) is 0 Å². The van der Waals surface area contributed by atoms with Gasteiger partial charge in [-0.1, -0.05) is 6.08 Å².